The van der Waals surface area contributed by atoms with E-state index in [0.29, 0.717) is 6.54 Å². The molecule has 4 rings (SSSR count). The van der Waals surface area contributed by atoms with Crippen LogP contribution in [0.2, 0.25) is 0 Å². The zero-order chi connectivity index (χ0) is 21.6. The van der Waals surface area contributed by atoms with E-state index in [1.54, 1.807) is 0 Å². The molecule has 2 aromatic rings. The van der Waals surface area contributed by atoms with E-state index in [4.69, 9.17) is 0 Å². The number of nitrogens with one attached hydrogen (secondary N) is 3. The van der Waals surface area contributed by atoms with Crippen molar-refractivity contribution in [3.8, 4) is 0 Å². The lowest BCUT2D eigenvalue weighted by Crippen LogP contribution is -2.44. The van der Waals surface area contributed by atoms with E-state index < -0.39 is 0 Å². The fourth-order valence-corrected chi connectivity index (χ4v) is 4.15. The van der Waals surface area contributed by atoms with Crippen LogP contribution < -0.4 is 16.0 Å². The Balaban J connectivity index is 1.37. The molecule has 1 aromatic carbocycles. The predicted molar refractivity (Wildman–Crippen MR) is 126 cm³/mol. The van der Waals surface area contributed by atoms with Crippen LogP contribution in [0.25, 0.3) is 0 Å². The van der Waals surface area contributed by atoms with Crippen molar-refractivity contribution in [3.05, 3.63) is 78.3 Å². The third kappa shape index (κ3) is 5.26. The molecule has 2 heterocycles. The van der Waals surface area contributed by atoms with Crippen molar-refractivity contribution in [1.29, 1.82) is 0 Å². The highest BCUT2D eigenvalue weighted by atomic mass is 16.2. The van der Waals surface area contributed by atoms with Crippen molar-refractivity contribution < 1.29 is 4.79 Å². The quantitative estimate of drug-likeness (QED) is 0.554. The Kier molecular flexibility index (Phi) is 6.55. The summed E-state index contributed by atoms with van der Waals surface area (Å²) in [5.41, 5.74) is 4.82. The van der Waals surface area contributed by atoms with Gasteiger partial charge in [-0.25, -0.2) is 4.98 Å². The summed E-state index contributed by atoms with van der Waals surface area (Å²) in [4.78, 5) is 18.2. The molecule has 1 fully saturated rings. The molecular weight excluding hydrogens is 386 g/mol. The van der Waals surface area contributed by atoms with Crippen LogP contribution in [0.3, 0.4) is 0 Å². The summed E-state index contributed by atoms with van der Waals surface area (Å²) in [6.07, 6.45) is 7.32. The molecule has 31 heavy (non-hydrogen) atoms. The predicted octanol–water partition coefficient (Wildman–Crippen LogP) is 4.44. The smallest absolute Gasteiger partial charge is 0.246 e. The normalized spacial score (nSPS) is 19.3. The van der Waals surface area contributed by atoms with Gasteiger partial charge in [0.15, 0.2) is 0 Å². The van der Waals surface area contributed by atoms with Crippen LogP contribution in [0, 0.1) is 0 Å². The van der Waals surface area contributed by atoms with Gasteiger partial charge in [-0.3, -0.25) is 4.79 Å². The molecule has 2 aliphatic rings. The SMILES string of the molecule is C=CC(=O)N1CCCC(Nc2cc(NC3=C(N[C@H](C)c4ccccc4)CC3)ccn2)C1. The van der Waals surface area contributed by atoms with Crippen molar-refractivity contribution in [2.75, 3.05) is 23.7 Å². The van der Waals surface area contributed by atoms with Crippen molar-refractivity contribution in [1.82, 2.24) is 15.2 Å². The number of hydrogen-bond donors (Lipinski definition) is 3. The van der Waals surface area contributed by atoms with Gasteiger partial charge in [0.1, 0.15) is 5.82 Å². The summed E-state index contributed by atoms with van der Waals surface area (Å²) in [5, 5.41) is 10.7. The topological polar surface area (TPSA) is 69.3 Å². The molecule has 3 N–H and O–H groups in total. The van der Waals surface area contributed by atoms with Gasteiger partial charge in [0, 0.05) is 54.5 Å². The average Bonchev–Trinajstić information content (AvgIpc) is 2.80. The van der Waals surface area contributed by atoms with Crippen LogP contribution in [-0.2, 0) is 4.79 Å². The number of pyridine rings is 1. The van der Waals surface area contributed by atoms with Gasteiger partial charge in [-0.15, -0.1) is 0 Å². The standard InChI is InChI=1S/C25H31N5O/c1-3-25(31)30-15-7-10-21(17-30)29-24-16-20(13-14-26-24)28-23-12-11-22(23)27-18(2)19-8-5-4-6-9-19/h3-6,8-9,13-14,16,18,21,27H,1,7,10-12,15,17H2,2H3,(H2,26,28,29)/t18-,21?/m1/s1. The number of carbonyl (C=O) groups excluding carboxylic acids is 1. The van der Waals surface area contributed by atoms with E-state index in [-0.39, 0.29) is 18.0 Å². The second-order valence-electron chi connectivity index (χ2n) is 8.26. The maximum Gasteiger partial charge on any atom is 0.246 e. The van der Waals surface area contributed by atoms with Gasteiger partial charge in [0.25, 0.3) is 0 Å². The van der Waals surface area contributed by atoms with Crippen LogP contribution in [0.5, 0.6) is 0 Å². The number of aromatic nitrogens is 1. The number of allylic oxidation sites excluding steroid dienone is 2. The van der Waals surface area contributed by atoms with Crippen molar-refractivity contribution in [2.45, 2.75) is 44.7 Å². The Morgan fingerprint density at radius 1 is 1.23 bits per heavy atom. The lowest BCUT2D eigenvalue weighted by Gasteiger charge is -2.33. The van der Waals surface area contributed by atoms with Gasteiger partial charge in [-0.1, -0.05) is 36.9 Å². The van der Waals surface area contributed by atoms with Crippen LogP contribution in [-0.4, -0.2) is 34.9 Å². The Labute approximate surface area is 184 Å². The lowest BCUT2D eigenvalue weighted by molar-refractivity contribution is -0.127. The number of nitrogens with zero attached hydrogens (tertiary/aromatic N) is 2. The summed E-state index contributed by atoms with van der Waals surface area (Å²) in [6.45, 7) is 7.27. The van der Waals surface area contributed by atoms with Crippen molar-refractivity contribution in [3.63, 3.8) is 0 Å². The number of anilines is 2. The Hall–Kier alpha value is -3.28. The molecule has 6 nitrogen and oxygen atoms in total. The first-order valence-electron chi connectivity index (χ1n) is 11.1. The van der Waals surface area contributed by atoms with E-state index >= 15 is 0 Å². The first-order chi connectivity index (χ1) is 15.1. The molecule has 0 bridgehead atoms. The van der Waals surface area contributed by atoms with E-state index in [1.807, 2.05) is 29.3 Å². The summed E-state index contributed by atoms with van der Waals surface area (Å²) in [6, 6.07) is 15.0. The third-order valence-electron chi connectivity index (χ3n) is 5.99. The van der Waals surface area contributed by atoms with Crippen LogP contribution >= 0.6 is 0 Å². The van der Waals surface area contributed by atoms with Gasteiger partial charge >= 0.3 is 0 Å². The minimum absolute atomic E-state index is 0.00319. The highest BCUT2D eigenvalue weighted by molar-refractivity contribution is 5.87. The van der Waals surface area contributed by atoms with E-state index in [1.165, 1.54) is 23.0 Å². The van der Waals surface area contributed by atoms with Gasteiger partial charge in [0.05, 0.1) is 0 Å². The molecule has 1 amide bonds. The van der Waals surface area contributed by atoms with E-state index in [2.05, 4.69) is 58.7 Å². The fraction of sp³-hybridized carbons (Fsp3) is 0.360. The molecule has 0 saturated carbocycles. The molecule has 1 unspecified atom stereocenters. The minimum atomic E-state index is -0.00319. The van der Waals surface area contributed by atoms with E-state index in [9.17, 15) is 4.79 Å². The molecule has 1 saturated heterocycles. The maximum absolute atomic E-state index is 11.9. The Morgan fingerprint density at radius 3 is 2.77 bits per heavy atom. The van der Waals surface area contributed by atoms with Gasteiger partial charge in [-0.2, -0.15) is 0 Å². The number of hydrogen-bond acceptors (Lipinski definition) is 5. The molecule has 0 radical (unpaired) electrons. The summed E-state index contributed by atoms with van der Waals surface area (Å²) in [7, 11) is 0. The largest absolute Gasteiger partial charge is 0.380 e. The summed E-state index contributed by atoms with van der Waals surface area (Å²) in [5.74, 6) is 0.826. The zero-order valence-corrected chi connectivity index (χ0v) is 18.1. The molecule has 1 aliphatic heterocycles. The summed E-state index contributed by atoms with van der Waals surface area (Å²) >= 11 is 0. The molecule has 2 atom stereocenters. The van der Waals surface area contributed by atoms with Gasteiger partial charge in [-0.05, 0) is 50.3 Å². The molecule has 0 spiro atoms. The second-order valence-corrected chi connectivity index (χ2v) is 8.26. The third-order valence-corrected chi connectivity index (χ3v) is 5.99. The number of amides is 1. The van der Waals surface area contributed by atoms with Crippen molar-refractivity contribution >= 4 is 17.4 Å². The van der Waals surface area contributed by atoms with Crippen LogP contribution in [0.15, 0.2) is 72.7 Å². The summed E-state index contributed by atoms with van der Waals surface area (Å²) < 4.78 is 0. The number of carbonyl (C=O) groups is 1. The van der Waals surface area contributed by atoms with Crippen molar-refractivity contribution in [2.24, 2.45) is 0 Å². The molecule has 1 aliphatic carbocycles. The first kappa shape index (κ1) is 21.0. The average molecular weight is 418 g/mol. The zero-order valence-electron chi connectivity index (χ0n) is 18.1. The number of benzene rings is 1. The molecule has 1 aromatic heterocycles. The fourth-order valence-electron chi connectivity index (χ4n) is 4.15. The Morgan fingerprint density at radius 2 is 2.03 bits per heavy atom. The van der Waals surface area contributed by atoms with Crippen LogP contribution in [0.1, 0.15) is 44.2 Å². The Bertz CT molecular complexity index is 955. The number of likely N-dealkylation sites (tertiary alicyclic amines) is 1. The minimum Gasteiger partial charge on any atom is -0.380 e. The van der Waals surface area contributed by atoms with Gasteiger partial charge in [0.2, 0.25) is 5.91 Å². The number of piperidine rings is 1. The van der Waals surface area contributed by atoms with E-state index in [0.717, 1.165) is 43.7 Å². The number of rotatable bonds is 8. The second kappa shape index (κ2) is 9.69. The highest BCUT2D eigenvalue weighted by Gasteiger charge is 2.23. The maximum atomic E-state index is 11.9. The van der Waals surface area contributed by atoms with Gasteiger partial charge < -0.3 is 20.9 Å². The lowest BCUT2D eigenvalue weighted by atomic mass is 9.98. The highest BCUT2D eigenvalue weighted by Crippen LogP contribution is 2.30. The first-order valence-corrected chi connectivity index (χ1v) is 11.1. The monoisotopic (exact) mass is 417 g/mol. The molecular formula is C25H31N5O. The molecule has 162 valence electrons. The molecule has 6 heteroatoms. The van der Waals surface area contributed by atoms with Crippen LogP contribution in [0.4, 0.5) is 11.5 Å².